The van der Waals surface area contributed by atoms with E-state index in [4.69, 9.17) is 19.1 Å². The Balaban J connectivity index is 0.000000913. The molecule has 0 aliphatic carbocycles. The van der Waals surface area contributed by atoms with Gasteiger partial charge in [-0.1, -0.05) is 24.2 Å². The highest BCUT2D eigenvalue weighted by molar-refractivity contribution is 5.86. The molecule has 2 aliphatic heterocycles. The Bertz CT molecular complexity index is 923. The molecule has 2 aromatic rings. The van der Waals surface area contributed by atoms with E-state index in [1.54, 1.807) is 7.11 Å². The lowest BCUT2D eigenvalue weighted by molar-refractivity contribution is -0.143. The van der Waals surface area contributed by atoms with Crippen LogP contribution in [0.1, 0.15) is 18.4 Å². The summed E-state index contributed by atoms with van der Waals surface area (Å²) in [6, 6.07) is 7.96. The van der Waals surface area contributed by atoms with Crippen LogP contribution in [0.3, 0.4) is 0 Å². The van der Waals surface area contributed by atoms with Crippen molar-refractivity contribution in [2.45, 2.75) is 32.0 Å². The van der Waals surface area contributed by atoms with Crippen LogP contribution in [0.5, 0.6) is 5.75 Å². The highest BCUT2D eigenvalue weighted by Crippen LogP contribution is 2.40. The summed E-state index contributed by atoms with van der Waals surface area (Å²) in [6.07, 6.45) is -1.44. The number of aryl methyl sites for hydroxylation is 1. The summed E-state index contributed by atoms with van der Waals surface area (Å²) >= 11 is 0. The fourth-order valence-corrected chi connectivity index (χ4v) is 4.08. The van der Waals surface area contributed by atoms with Gasteiger partial charge in [0.1, 0.15) is 18.0 Å². The molecule has 2 saturated heterocycles. The Morgan fingerprint density at radius 3 is 2.66 bits per heavy atom. The Kier molecular flexibility index (Phi) is 7.29. The van der Waals surface area contributed by atoms with Gasteiger partial charge >= 0.3 is 6.01 Å². The van der Waals surface area contributed by atoms with Crippen molar-refractivity contribution in [2.24, 2.45) is 5.41 Å². The fourth-order valence-electron chi connectivity index (χ4n) is 4.08. The minimum absolute atomic E-state index is 0.0143. The number of amides is 1. The number of hydrogen-bond donors (Lipinski definition) is 2. The third-order valence-electron chi connectivity index (χ3n) is 5.65. The summed E-state index contributed by atoms with van der Waals surface area (Å²) in [6.45, 7) is 2.38. The lowest BCUT2D eigenvalue weighted by Gasteiger charge is -2.49. The van der Waals surface area contributed by atoms with Gasteiger partial charge in [-0.3, -0.25) is 9.59 Å². The number of β-amino-alcohol motifs (C(OH)–C–C–N with tert-alkyl or cyclic N) is 1. The van der Waals surface area contributed by atoms with Crippen molar-refractivity contribution in [3.05, 3.63) is 35.7 Å². The molecule has 4 rings (SSSR count). The maximum Gasteiger partial charge on any atom is 0.318 e. The number of benzene rings is 1. The summed E-state index contributed by atoms with van der Waals surface area (Å²) in [5.74, 6) is 1.09. The number of anilines is 1. The molecule has 0 spiro atoms. The average molecular weight is 450 g/mol. The number of hydrogen-bond acceptors (Lipinski definition) is 8. The summed E-state index contributed by atoms with van der Waals surface area (Å²) in [5.41, 5.74) is 0.199. The SMILES string of the molecule is CCc1nnc(N2CC(Cc3cccc(OC)c3)(C(=O)N3C[C@@H](O)[C@H](F)C3)C2)o1.O=CO. The van der Waals surface area contributed by atoms with E-state index in [9.17, 15) is 14.3 Å². The van der Waals surface area contributed by atoms with Gasteiger partial charge in [-0.15, -0.1) is 5.10 Å². The van der Waals surface area contributed by atoms with E-state index in [1.165, 1.54) is 4.90 Å². The summed E-state index contributed by atoms with van der Waals surface area (Å²) in [4.78, 5) is 25.0. The number of carboxylic acid groups (broad SMARTS) is 1. The molecule has 0 saturated carbocycles. The Labute approximate surface area is 184 Å². The van der Waals surface area contributed by atoms with Crippen LogP contribution in [0.25, 0.3) is 0 Å². The van der Waals surface area contributed by atoms with E-state index >= 15 is 0 Å². The molecule has 2 aliphatic rings. The molecule has 1 aromatic heterocycles. The standard InChI is InChI=1S/C20H25FN4O4.CH2O2/c1-3-17-22-23-19(29-17)25-11-20(12-25,8-13-5-4-6-14(7-13)28-2)18(27)24-9-15(21)16(26)10-24;2-1-3/h4-7,15-16,26H,3,8-12H2,1-2H3;1H,(H,2,3)/t15-,16-;/m1./s1. The van der Waals surface area contributed by atoms with Crippen molar-refractivity contribution in [3.8, 4) is 5.75 Å². The molecule has 0 radical (unpaired) electrons. The van der Waals surface area contributed by atoms with Crippen LogP contribution < -0.4 is 9.64 Å². The van der Waals surface area contributed by atoms with Gasteiger partial charge < -0.3 is 29.2 Å². The van der Waals surface area contributed by atoms with Crippen molar-refractivity contribution < 1.29 is 33.3 Å². The Hall–Kier alpha value is -3.21. The van der Waals surface area contributed by atoms with Crippen LogP contribution in [-0.4, -0.2) is 83.3 Å². The molecule has 3 heterocycles. The van der Waals surface area contributed by atoms with Gasteiger partial charge in [0.25, 0.3) is 6.47 Å². The number of aliphatic hydroxyl groups excluding tert-OH is 1. The number of nitrogens with zero attached hydrogens (tertiary/aromatic N) is 4. The van der Waals surface area contributed by atoms with Crippen LogP contribution >= 0.6 is 0 Å². The first kappa shape index (κ1) is 23.5. The maximum absolute atomic E-state index is 13.8. The molecule has 11 heteroatoms. The molecule has 32 heavy (non-hydrogen) atoms. The zero-order chi connectivity index (χ0) is 23.3. The predicted molar refractivity (Wildman–Crippen MR) is 111 cm³/mol. The van der Waals surface area contributed by atoms with Gasteiger partial charge in [-0.05, 0) is 24.1 Å². The third-order valence-corrected chi connectivity index (χ3v) is 5.65. The molecular formula is C21H27FN4O6. The molecular weight excluding hydrogens is 423 g/mol. The number of carbonyl (C=O) groups is 2. The molecule has 1 aromatic carbocycles. The Morgan fingerprint density at radius 1 is 1.38 bits per heavy atom. The second-order valence-electron chi connectivity index (χ2n) is 7.90. The van der Waals surface area contributed by atoms with Gasteiger partial charge in [-0.25, -0.2) is 4.39 Å². The van der Waals surface area contributed by atoms with Crippen LogP contribution in [0.4, 0.5) is 10.4 Å². The van der Waals surface area contributed by atoms with Crippen LogP contribution in [0.2, 0.25) is 0 Å². The molecule has 10 nitrogen and oxygen atoms in total. The fraction of sp³-hybridized carbons (Fsp3) is 0.524. The highest BCUT2D eigenvalue weighted by atomic mass is 19.1. The van der Waals surface area contributed by atoms with Gasteiger partial charge in [0.05, 0.1) is 19.1 Å². The zero-order valence-corrected chi connectivity index (χ0v) is 18.0. The molecule has 2 atom stereocenters. The average Bonchev–Trinajstić information content (AvgIpc) is 3.37. The molecule has 1 amide bonds. The quantitative estimate of drug-likeness (QED) is 0.618. The van der Waals surface area contributed by atoms with Crippen LogP contribution in [0, 0.1) is 5.41 Å². The largest absolute Gasteiger partial charge is 0.497 e. The molecule has 174 valence electrons. The van der Waals surface area contributed by atoms with E-state index < -0.39 is 17.7 Å². The van der Waals surface area contributed by atoms with Gasteiger partial charge in [-0.2, -0.15) is 0 Å². The lowest BCUT2D eigenvalue weighted by Crippen LogP contribution is -2.65. The first-order valence-corrected chi connectivity index (χ1v) is 10.3. The monoisotopic (exact) mass is 450 g/mol. The number of aromatic nitrogens is 2. The first-order chi connectivity index (χ1) is 15.4. The van der Waals surface area contributed by atoms with Gasteiger partial charge in [0.15, 0.2) is 0 Å². The second-order valence-corrected chi connectivity index (χ2v) is 7.90. The van der Waals surface area contributed by atoms with Gasteiger partial charge in [0.2, 0.25) is 11.8 Å². The number of alkyl halides is 1. The maximum atomic E-state index is 13.8. The number of rotatable bonds is 6. The third kappa shape index (κ3) is 4.82. The summed E-state index contributed by atoms with van der Waals surface area (Å²) < 4.78 is 24.8. The van der Waals surface area contributed by atoms with Crippen LogP contribution in [-0.2, 0) is 22.4 Å². The summed E-state index contributed by atoms with van der Waals surface area (Å²) in [7, 11) is 1.60. The van der Waals surface area contributed by atoms with Crippen molar-refractivity contribution in [1.82, 2.24) is 15.1 Å². The number of ether oxygens (including phenoxy) is 1. The molecule has 0 unspecified atom stereocenters. The molecule has 0 bridgehead atoms. The molecule has 2 fully saturated rings. The van der Waals surface area contributed by atoms with E-state index in [0.29, 0.717) is 43.6 Å². The minimum Gasteiger partial charge on any atom is -0.497 e. The van der Waals surface area contributed by atoms with Crippen molar-refractivity contribution in [2.75, 3.05) is 38.2 Å². The van der Waals surface area contributed by atoms with Crippen molar-refractivity contribution >= 4 is 18.4 Å². The second kappa shape index (κ2) is 9.94. The Morgan fingerprint density at radius 2 is 2.09 bits per heavy atom. The zero-order valence-electron chi connectivity index (χ0n) is 18.0. The number of aliphatic hydroxyl groups is 1. The van der Waals surface area contributed by atoms with Gasteiger partial charge in [0, 0.05) is 26.1 Å². The topological polar surface area (TPSA) is 129 Å². The number of methoxy groups -OCH3 is 1. The highest BCUT2D eigenvalue weighted by Gasteiger charge is 2.54. The minimum atomic E-state index is -1.41. The number of halogens is 1. The predicted octanol–water partition coefficient (Wildman–Crippen LogP) is 0.932. The first-order valence-electron chi connectivity index (χ1n) is 10.3. The van der Waals surface area contributed by atoms with E-state index in [0.717, 1.165) is 5.56 Å². The lowest BCUT2D eigenvalue weighted by atomic mass is 9.73. The molecule has 2 N–H and O–H groups in total. The van der Waals surface area contributed by atoms with Crippen LogP contribution in [0.15, 0.2) is 28.7 Å². The smallest absolute Gasteiger partial charge is 0.318 e. The number of carbonyl (C=O) groups excluding carboxylic acids is 1. The van der Waals surface area contributed by atoms with Crippen molar-refractivity contribution in [3.63, 3.8) is 0 Å². The summed E-state index contributed by atoms with van der Waals surface area (Å²) in [5, 5.41) is 24.7. The number of likely N-dealkylation sites (tertiary alicyclic amines) is 1. The van der Waals surface area contributed by atoms with E-state index in [2.05, 4.69) is 10.2 Å². The van der Waals surface area contributed by atoms with E-state index in [-0.39, 0.29) is 25.5 Å². The van der Waals surface area contributed by atoms with E-state index in [1.807, 2.05) is 36.1 Å². The van der Waals surface area contributed by atoms with Crippen molar-refractivity contribution in [1.29, 1.82) is 0 Å². The normalized spacial score (nSPS) is 21.4.